The zero-order chi connectivity index (χ0) is 65.4. The van der Waals surface area contributed by atoms with E-state index < -0.39 is 82.3 Å². The summed E-state index contributed by atoms with van der Waals surface area (Å²) in [5.74, 6) is -5.13. The monoisotopic (exact) mass is 1270 g/mol. The molecular weight excluding hydrogens is 1200 g/mol. The van der Waals surface area contributed by atoms with Gasteiger partial charge in [0.25, 0.3) is 5.70 Å². The maximum absolute atomic E-state index is 13.7. The number of hydrogen-bond acceptors (Lipinski definition) is 21. The maximum Gasteiger partial charge on any atom is 0.330 e. The Balaban J connectivity index is 0.891. The Morgan fingerprint density at radius 2 is 0.867 bits per heavy atom. The molecule has 90 heavy (non-hydrogen) atoms. The summed E-state index contributed by atoms with van der Waals surface area (Å²) in [5, 5.41) is 9.73. The minimum atomic E-state index is -0.538. The molecule has 0 bridgehead atoms. The molecule has 0 aromatic heterocycles. The highest BCUT2D eigenvalue weighted by Gasteiger charge is 2.37. The third-order valence-electron chi connectivity index (χ3n) is 15.6. The summed E-state index contributed by atoms with van der Waals surface area (Å²) in [4.78, 5) is 130. The second kappa shape index (κ2) is 34.6. The van der Waals surface area contributed by atoms with Gasteiger partial charge in [-0.15, -0.1) is 0 Å². The number of carbonyl (C=O) groups is 10. The van der Waals surface area contributed by atoms with Gasteiger partial charge in [0.1, 0.15) is 34.6 Å². The number of rotatable bonds is 32. The molecule has 20 nitrogen and oxygen atoms in total. The lowest BCUT2D eigenvalue weighted by Gasteiger charge is -2.26. The highest BCUT2D eigenvalue weighted by atomic mass is 32.2. The van der Waals surface area contributed by atoms with Crippen molar-refractivity contribution < 1.29 is 85.8 Å². The number of fused-ring (bicyclic) bond motifs is 1. The van der Waals surface area contributed by atoms with Gasteiger partial charge in [-0.3, -0.25) is 38.4 Å². The number of esters is 8. The summed E-state index contributed by atoms with van der Waals surface area (Å²) in [6.07, 6.45) is 7.31. The van der Waals surface area contributed by atoms with E-state index in [9.17, 15) is 53.2 Å². The molecule has 22 heteroatoms. The van der Waals surface area contributed by atoms with Crippen molar-refractivity contribution in [2.45, 2.75) is 153 Å². The van der Waals surface area contributed by atoms with E-state index in [1.54, 1.807) is 48.5 Å². The lowest BCUT2D eigenvalue weighted by molar-refractivity contribution is -0.145. The Hall–Kier alpha value is -8.34. The van der Waals surface area contributed by atoms with Gasteiger partial charge < -0.3 is 37.9 Å². The third-order valence-corrected chi connectivity index (χ3v) is 18.2. The van der Waals surface area contributed by atoms with Crippen molar-refractivity contribution >= 4 is 82.8 Å². The van der Waals surface area contributed by atoms with E-state index in [2.05, 4.69) is 18.0 Å². The van der Waals surface area contributed by atoms with Crippen LogP contribution in [0, 0.1) is 52.4 Å². The van der Waals surface area contributed by atoms with E-state index in [1.165, 1.54) is 12.1 Å². The Labute approximate surface area is 532 Å². The van der Waals surface area contributed by atoms with Crippen LogP contribution in [0.5, 0.6) is 23.0 Å². The van der Waals surface area contributed by atoms with E-state index in [4.69, 9.17) is 44.5 Å². The van der Waals surface area contributed by atoms with E-state index in [0.717, 1.165) is 46.8 Å². The van der Waals surface area contributed by atoms with Crippen molar-refractivity contribution in [2.24, 2.45) is 34.5 Å². The Bertz CT molecular complexity index is 3050. The number of thioether (sulfide) groups is 2. The molecule has 2 fully saturated rings. The van der Waals surface area contributed by atoms with Gasteiger partial charge in [0.15, 0.2) is 0 Å². The molecule has 0 spiro atoms. The van der Waals surface area contributed by atoms with Gasteiger partial charge in [0, 0.05) is 50.7 Å². The van der Waals surface area contributed by atoms with Gasteiger partial charge in [-0.1, -0.05) is 88.6 Å². The van der Waals surface area contributed by atoms with Crippen molar-refractivity contribution in [3.8, 4) is 29.1 Å². The first-order valence-corrected chi connectivity index (χ1v) is 31.6. The number of nitrogens with zero attached hydrogens (tertiary/aromatic N) is 2. The molecule has 1 aliphatic heterocycles. The van der Waals surface area contributed by atoms with Gasteiger partial charge >= 0.3 is 47.8 Å². The molecule has 3 aromatic carbocycles. The fourth-order valence-corrected chi connectivity index (χ4v) is 12.3. The number of carbonyl (C=O) groups excluding carboxylic acids is 10. The van der Waals surface area contributed by atoms with Gasteiger partial charge in [-0.2, -0.15) is 0 Å². The smallest absolute Gasteiger partial charge is 0.330 e. The first-order chi connectivity index (χ1) is 43.0. The Kier molecular flexibility index (Phi) is 27.2. The predicted molar refractivity (Wildman–Crippen MR) is 330 cm³/mol. The minimum absolute atomic E-state index is 0.0449. The number of nitriles is 1. The van der Waals surface area contributed by atoms with Gasteiger partial charge in [-0.05, 0) is 123 Å². The second-order valence-corrected chi connectivity index (χ2v) is 26.1. The van der Waals surface area contributed by atoms with Crippen molar-refractivity contribution in [1.29, 1.82) is 5.26 Å². The molecule has 0 radical (unpaired) electrons. The number of allylic oxidation sites excluding steroid dienone is 1. The SMILES string of the molecule is [C-]#[N+]C(C#N)=C1Sc2c(OC(=O)C3CCC(C(=O)Oc4ccc(CCOC(=O)CCC(=O)CCC(C)(C)COC(=O)C=C)cc4)CC3)ccc(OC(=O)C3CCC(C(=O)Oc4ccc(CCOC(=O)CCC(=O)CCC(C)(C)COC(=O)C=C)cc4)CC3)c2S1. The van der Waals surface area contributed by atoms with Gasteiger partial charge in [0.05, 0.1) is 89.6 Å². The minimum Gasteiger partial charge on any atom is -0.465 e. The van der Waals surface area contributed by atoms with E-state index >= 15 is 0 Å². The molecule has 3 aromatic rings. The maximum atomic E-state index is 13.7. The molecule has 6 rings (SSSR count). The summed E-state index contributed by atoms with van der Waals surface area (Å²) in [6, 6.07) is 18.6. The predicted octanol–water partition coefficient (Wildman–Crippen LogP) is 12.1. The zero-order valence-electron chi connectivity index (χ0n) is 51.3. The van der Waals surface area contributed by atoms with Crippen LogP contribution in [-0.4, -0.2) is 85.7 Å². The van der Waals surface area contributed by atoms with Gasteiger partial charge in [0.2, 0.25) is 0 Å². The topological polar surface area (TPSA) is 273 Å². The number of hydrogen-bond donors (Lipinski definition) is 0. The van der Waals surface area contributed by atoms with Crippen LogP contribution in [0.3, 0.4) is 0 Å². The molecule has 0 N–H and O–H groups in total. The molecule has 0 saturated heterocycles. The lowest BCUT2D eigenvalue weighted by atomic mass is 9.82. The van der Waals surface area contributed by atoms with Crippen molar-refractivity contribution in [2.75, 3.05) is 26.4 Å². The molecule has 2 saturated carbocycles. The number of Topliss-reactive ketones (excluding diaryl/α,β-unsaturated/α-hetero) is 2. The van der Waals surface area contributed by atoms with E-state index in [0.29, 0.717) is 103 Å². The Morgan fingerprint density at radius 3 is 1.19 bits per heavy atom. The van der Waals surface area contributed by atoms with Crippen LogP contribution in [0.1, 0.15) is 142 Å². The summed E-state index contributed by atoms with van der Waals surface area (Å²) in [5.41, 5.74) is 0.674. The zero-order valence-corrected chi connectivity index (χ0v) is 52.9. The second-order valence-electron chi connectivity index (χ2n) is 23.8. The standard InChI is InChI=1S/C68H76N2O18S2/c1-8-56(73)83-41-67(3,4)36-32-49(71)22-30-58(75)81-38-34-43-10-24-51(25-11-43)85-62(77)45-14-18-47(19-15-45)64(79)87-54-28-29-55(61-60(54)89-66(90-61)53(40-69)70-7)88-65(80)48-20-16-46(17-21-48)63(78)86-52-26-12-44(13-27-52)35-39-82-59(76)31-23-50(72)33-37-68(5,6)42-84-57(74)9-2/h8-13,24-29,45-48H,1-2,14-23,30-39,41-42H2,3-6H3. The van der Waals surface area contributed by atoms with E-state index in [1.807, 2.05) is 33.8 Å². The summed E-state index contributed by atoms with van der Waals surface area (Å²) in [6.45, 7) is 22.3. The van der Waals surface area contributed by atoms with Crippen LogP contribution < -0.4 is 18.9 Å². The van der Waals surface area contributed by atoms with Crippen LogP contribution in [0.2, 0.25) is 0 Å². The molecule has 478 valence electrons. The number of ketones is 2. The fraction of sp³-hybridized carbons (Fsp3) is 0.471. The number of ether oxygens (including phenoxy) is 8. The molecule has 0 atom stereocenters. The molecule has 0 amide bonds. The van der Waals surface area contributed by atoms with Crippen molar-refractivity contribution in [3.63, 3.8) is 0 Å². The molecule has 3 aliphatic rings. The highest BCUT2D eigenvalue weighted by molar-refractivity contribution is 8.24. The summed E-state index contributed by atoms with van der Waals surface area (Å²) in [7, 11) is 0. The van der Waals surface area contributed by atoms with Crippen LogP contribution >= 0.6 is 23.5 Å². The van der Waals surface area contributed by atoms with Crippen LogP contribution in [0.25, 0.3) is 4.85 Å². The van der Waals surface area contributed by atoms with Crippen molar-refractivity contribution in [1.82, 2.24) is 0 Å². The highest BCUT2D eigenvalue weighted by Crippen LogP contribution is 2.59. The van der Waals surface area contributed by atoms with Crippen LogP contribution in [-0.2, 0) is 79.7 Å². The molecule has 1 heterocycles. The average Bonchev–Trinajstić information content (AvgIpc) is 1.68. The fourth-order valence-electron chi connectivity index (χ4n) is 9.85. The van der Waals surface area contributed by atoms with E-state index in [-0.39, 0.29) is 93.7 Å². The van der Waals surface area contributed by atoms with Crippen molar-refractivity contribution in [3.05, 3.63) is 118 Å². The summed E-state index contributed by atoms with van der Waals surface area (Å²) >= 11 is 2.13. The third kappa shape index (κ3) is 22.9. The largest absolute Gasteiger partial charge is 0.465 e. The lowest BCUT2D eigenvalue weighted by Crippen LogP contribution is -2.30. The number of benzene rings is 3. The molecule has 0 unspecified atom stereocenters. The quantitative estimate of drug-likeness (QED) is 0.0140. The van der Waals surface area contributed by atoms with Crippen LogP contribution in [0.15, 0.2) is 106 Å². The Morgan fingerprint density at radius 1 is 0.522 bits per heavy atom. The van der Waals surface area contributed by atoms with Crippen LogP contribution in [0.4, 0.5) is 0 Å². The van der Waals surface area contributed by atoms with Gasteiger partial charge in [-0.25, -0.2) is 19.7 Å². The summed E-state index contributed by atoms with van der Waals surface area (Å²) < 4.78 is 44.5. The molecule has 2 aliphatic carbocycles. The first-order valence-electron chi connectivity index (χ1n) is 30.0. The first kappa shape index (κ1) is 70.7. The average molecular weight is 1270 g/mol. The molecular formula is C68H76N2O18S2. The normalized spacial score (nSPS) is 16.9.